The first-order valence-corrected chi connectivity index (χ1v) is 7.35. The molecule has 1 aromatic heterocycles. The standard InChI is InChI=1S/C9H12ClN3O3S2/c1-5(14)11-6(9(15)16)2-3-17-4-7-8(10)18-13-12-7/h6H,2-4H2,1H3,(H,11,14)(H,15,16). The number of aromatic nitrogens is 2. The summed E-state index contributed by atoms with van der Waals surface area (Å²) in [5.74, 6) is -0.203. The van der Waals surface area contributed by atoms with Crippen LogP contribution in [0.3, 0.4) is 0 Å². The van der Waals surface area contributed by atoms with Crippen molar-refractivity contribution in [2.45, 2.75) is 25.1 Å². The fourth-order valence-electron chi connectivity index (χ4n) is 1.16. The normalized spacial score (nSPS) is 12.1. The van der Waals surface area contributed by atoms with Crippen LogP contribution in [0.25, 0.3) is 0 Å². The molecule has 0 spiro atoms. The Morgan fingerprint density at radius 1 is 1.61 bits per heavy atom. The van der Waals surface area contributed by atoms with Crippen LogP contribution in [-0.4, -0.2) is 38.4 Å². The van der Waals surface area contributed by atoms with Crippen LogP contribution in [0.2, 0.25) is 4.34 Å². The third-order valence-corrected chi connectivity index (χ3v) is 3.96. The van der Waals surface area contributed by atoms with Crippen LogP contribution >= 0.6 is 34.9 Å². The van der Waals surface area contributed by atoms with Crippen LogP contribution in [0, 0.1) is 0 Å². The predicted molar refractivity (Wildman–Crippen MR) is 70.9 cm³/mol. The van der Waals surface area contributed by atoms with E-state index in [1.54, 1.807) is 0 Å². The molecule has 100 valence electrons. The first-order valence-electron chi connectivity index (χ1n) is 5.05. The number of hydrogen-bond acceptors (Lipinski definition) is 6. The second-order valence-corrected chi connectivity index (χ2v) is 5.89. The molecule has 1 heterocycles. The fourth-order valence-corrected chi connectivity index (χ4v) is 2.90. The molecule has 0 radical (unpaired) electrons. The van der Waals surface area contributed by atoms with Crippen molar-refractivity contribution in [3.63, 3.8) is 0 Å². The first kappa shape index (κ1) is 15.2. The minimum atomic E-state index is -1.03. The van der Waals surface area contributed by atoms with Gasteiger partial charge in [0.25, 0.3) is 0 Å². The molecule has 0 aliphatic heterocycles. The third kappa shape index (κ3) is 5.19. The summed E-state index contributed by atoms with van der Waals surface area (Å²) in [4.78, 5) is 21.7. The van der Waals surface area contributed by atoms with Crippen LogP contribution in [-0.2, 0) is 15.3 Å². The Labute approximate surface area is 117 Å². The second kappa shape index (κ2) is 7.55. The van der Waals surface area contributed by atoms with Crippen molar-refractivity contribution in [1.82, 2.24) is 14.9 Å². The van der Waals surface area contributed by atoms with E-state index in [2.05, 4.69) is 14.9 Å². The van der Waals surface area contributed by atoms with E-state index in [0.717, 1.165) is 11.5 Å². The molecule has 1 unspecified atom stereocenters. The first-order chi connectivity index (χ1) is 8.50. The number of rotatable bonds is 7. The van der Waals surface area contributed by atoms with Crippen molar-refractivity contribution in [2.24, 2.45) is 0 Å². The van der Waals surface area contributed by atoms with Crippen molar-refractivity contribution in [2.75, 3.05) is 5.75 Å². The lowest BCUT2D eigenvalue weighted by atomic mass is 10.2. The lowest BCUT2D eigenvalue weighted by Crippen LogP contribution is -2.39. The van der Waals surface area contributed by atoms with E-state index in [-0.39, 0.29) is 5.91 Å². The highest BCUT2D eigenvalue weighted by molar-refractivity contribution is 7.98. The number of thioether (sulfide) groups is 1. The van der Waals surface area contributed by atoms with E-state index >= 15 is 0 Å². The van der Waals surface area contributed by atoms with Gasteiger partial charge in [0.15, 0.2) is 0 Å². The number of nitrogens with one attached hydrogen (secondary N) is 1. The second-order valence-electron chi connectivity index (χ2n) is 3.43. The Bertz CT molecular complexity index is 427. The van der Waals surface area contributed by atoms with Crippen LogP contribution in [0.1, 0.15) is 19.0 Å². The highest BCUT2D eigenvalue weighted by Crippen LogP contribution is 2.22. The van der Waals surface area contributed by atoms with Gasteiger partial charge in [-0.25, -0.2) is 4.79 Å². The maximum Gasteiger partial charge on any atom is 0.326 e. The van der Waals surface area contributed by atoms with Crippen molar-refractivity contribution in [1.29, 1.82) is 0 Å². The quantitative estimate of drug-likeness (QED) is 0.740. The molecule has 0 aromatic carbocycles. The van der Waals surface area contributed by atoms with Gasteiger partial charge in [-0.15, -0.1) is 5.10 Å². The fraction of sp³-hybridized carbons (Fsp3) is 0.556. The molecule has 0 fully saturated rings. The molecule has 2 N–H and O–H groups in total. The lowest BCUT2D eigenvalue weighted by Gasteiger charge is -2.12. The Hall–Kier alpha value is -0.860. The number of amides is 1. The van der Waals surface area contributed by atoms with Gasteiger partial charge in [-0.3, -0.25) is 4.79 Å². The lowest BCUT2D eigenvalue weighted by molar-refractivity contribution is -0.141. The van der Waals surface area contributed by atoms with Gasteiger partial charge in [0.05, 0.1) is 0 Å². The Balaban J connectivity index is 2.29. The molecule has 1 atom stereocenters. The van der Waals surface area contributed by atoms with Crippen molar-refractivity contribution < 1.29 is 14.7 Å². The number of carboxylic acid groups (broad SMARTS) is 1. The minimum Gasteiger partial charge on any atom is -0.480 e. The average Bonchev–Trinajstić information content (AvgIpc) is 2.68. The summed E-state index contributed by atoms with van der Waals surface area (Å²) < 4.78 is 4.25. The molecular weight excluding hydrogens is 298 g/mol. The number of halogens is 1. The van der Waals surface area contributed by atoms with Gasteiger partial charge >= 0.3 is 5.97 Å². The minimum absolute atomic E-state index is 0.348. The number of carbonyl (C=O) groups excluding carboxylic acids is 1. The van der Waals surface area contributed by atoms with E-state index in [1.807, 2.05) is 0 Å². The SMILES string of the molecule is CC(=O)NC(CCSCc1nnsc1Cl)C(=O)O. The Morgan fingerprint density at radius 3 is 2.83 bits per heavy atom. The summed E-state index contributed by atoms with van der Waals surface area (Å²) in [7, 11) is 0. The summed E-state index contributed by atoms with van der Waals surface area (Å²) in [5.41, 5.74) is 0.707. The van der Waals surface area contributed by atoms with Gasteiger partial charge in [-0.05, 0) is 12.2 Å². The summed E-state index contributed by atoms with van der Waals surface area (Å²) in [6.07, 6.45) is 0.356. The number of carboxylic acids is 1. The highest BCUT2D eigenvalue weighted by atomic mass is 35.5. The molecule has 0 aliphatic carbocycles. The summed E-state index contributed by atoms with van der Waals surface area (Å²) in [6, 6.07) is -0.848. The van der Waals surface area contributed by atoms with Gasteiger partial charge < -0.3 is 10.4 Å². The van der Waals surface area contributed by atoms with E-state index in [4.69, 9.17) is 16.7 Å². The zero-order chi connectivity index (χ0) is 13.5. The molecule has 1 amide bonds. The molecular formula is C9H12ClN3O3S2. The molecule has 1 aromatic rings. The largest absolute Gasteiger partial charge is 0.480 e. The third-order valence-electron chi connectivity index (χ3n) is 1.97. The monoisotopic (exact) mass is 309 g/mol. The Kier molecular flexibility index (Phi) is 6.37. The van der Waals surface area contributed by atoms with E-state index < -0.39 is 12.0 Å². The molecule has 0 bridgehead atoms. The molecule has 0 saturated heterocycles. The van der Waals surface area contributed by atoms with Crippen LogP contribution in [0.15, 0.2) is 0 Å². The van der Waals surface area contributed by atoms with Crippen LogP contribution in [0.5, 0.6) is 0 Å². The van der Waals surface area contributed by atoms with Gasteiger partial charge in [0, 0.05) is 24.2 Å². The predicted octanol–water partition coefficient (Wildman–Crippen LogP) is 1.40. The smallest absolute Gasteiger partial charge is 0.326 e. The number of hydrogen-bond donors (Lipinski definition) is 2. The van der Waals surface area contributed by atoms with Crippen LogP contribution in [0.4, 0.5) is 0 Å². The summed E-state index contributed by atoms with van der Waals surface area (Å²) in [5, 5.41) is 15.1. The van der Waals surface area contributed by atoms with Gasteiger partial charge in [-0.1, -0.05) is 16.1 Å². The van der Waals surface area contributed by atoms with Crippen molar-refractivity contribution in [3.05, 3.63) is 10.0 Å². The van der Waals surface area contributed by atoms with Crippen molar-refractivity contribution in [3.8, 4) is 0 Å². The molecule has 18 heavy (non-hydrogen) atoms. The van der Waals surface area contributed by atoms with Gasteiger partial charge in [0.2, 0.25) is 5.91 Å². The molecule has 9 heteroatoms. The zero-order valence-corrected chi connectivity index (χ0v) is 11.9. The van der Waals surface area contributed by atoms with E-state index in [0.29, 0.717) is 28.0 Å². The van der Waals surface area contributed by atoms with E-state index in [9.17, 15) is 9.59 Å². The highest BCUT2D eigenvalue weighted by Gasteiger charge is 2.17. The van der Waals surface area contributed by atoms with E-state index in [1.165, 1.54) is 18.7 Å². The number of aliphatic carboxylic acids is 1. The molecule has 0 saturated carbocycles. The topological polar surface area (TPSA) is 92.2 Å². The summed E-state index contributed by atoms with van der Waals surface area (Å²) >= 11 is 8.45. The molecule has 1 rings (SSSR count). The maximum atomic E-state index is 10.8. The molecule has 0 aliphatic rings. The average molecular weight is 310 g/mol. The molecule has 6 nitrogen and oxygen atoms in total. The zero-order valence-electron chi connectivity index (χ0n) is 9.55. The van der Waals surface area contributed by atoms with Crippen molar-refractivity contribution >= 4 is 46.8 Å². The van der Waals surface area contributed by atoms with Gasteiger partial charge in [-0.2, -0.15) is 11.8 Å². The van der Waals surface area contributed by atoms with Crippen LogP contribution < -0.4 is 5.32 Å². The number of nitrogens with zero attached hydrogens (tertiary/aromatic N) is 2. The summed E-state index contributed by atoms with van der Waals surface area (Å²) in [6.45, 7) is 1.30. The van der Waals surface area contributed by atoms with Gasteiger partial charge in [0.1, 0.15) is 16.1 Å². The maximum absolute atomic E-state index is 10.8. The Morgan fingerprint density at radius 2 is 2.33 bits per heavy atom. The number of carbonyl (C=O) groups is 2.